The molecule has 0 atom stereocenters. The van der Waals surface area contributed by atoms with Gasteiger partial charge in [-0.3, -0.25) is 0 Å². The van der Waals surface area contributed by atoms with Crippen molar-refractivity contribution in [2.45, 2.75) is 26.8 Å². The molecule has 0 unspecified atom stereocenters. The van der Waals surface area contributed by atoms with Crippen LogP contribution in [-0.2, 0) is 6.54 Å². The van der Waals surface area contributed by atoms with Crippen molar-refractivity contribution in [1.29, 1.82) is 0 Å². The molecule has 3 heteroatoms. The van der Waals surface area contributed by atoms with Gasteiger partial charge in [-0.15, -0.1) is 0 Å². The third-order valence-electron chi connectivity index (χ3n) is 2.55. The summed E-state index contributed by atoms with van der Waals surface area (Å²) >= 11 is 0. The van der Waals surface area contributed by atoms with Crippen LogP contribution in [0.1, 0.15) is 25.8 Å². The van der Waals surface area contributed by atoms with E-state index in [1.807, 2.05) is 31.2 Å². The molecule has 0 aliphatic carbocycles. The second kappa shape index (κ2) is 8.59. The van der Waals surface area contributed by atoms with Gasteiger partial charge in [-0.1, -0.05) is 25.1 Å². The Morgan fingerprint density at radius 2 is 2.11 bits per heavy atom. The summed E-state index contributed by atoms with van der Waals surface area (Å²) in [5.74, 6) is 1.57. The van der Waals surface area contributed by atoms with Gasteiger partial charge >= 0.3 is 0 Å². The van der Waals surface area contributed by atoms with E-state index in [4.69, 9.17) is 9.47 Å². The van der Waals surface area contributed by atoms with E-state index >= 15 is 0 Å². The highest BCUT2D eigenvalue weighted by atomic mass is 16.5. The zero-order valence-electron chi connectivity index (χ0n) is 11.5. The SMILES string of the molecule is C/C=C/COc1ccc(CNCCC)cc1OC. The third-order valence-corrected chi connectivity index (χ3v) is 2.55. The molecular weight excluding hydrogens is 226 g/mol. The quantitative estimate of drug-likeness (QED) is 0.567. The molecule has 0 fully saturated rings. The first-order valence-electron chi connectivity index (χ1n) is 6.43. The zero-order chi connectivity index (χ0) is 13.2. The Labute approximate surface area is 110 Å². The summed E-state index contributed by atoms with van der Waals surface area (Å²) in [5.41, 5.74) is 1.21. The van der Waals surface area contributed by atoms with Gasteiger partial charge in [0, 0.05) is 6.54 Å². The maximum atomic E-state index is 5.62. The van der Waals surface area contributed by atoms with Gasteiger partial charge in [0.2, 0.25) is 0 Å². The highest BCUT2D eigenvalue weighted by Crippen LogP contribution is 2.28. The van der Waals surface area contributed by atoms with E-state index in [9.17, 15) is 0 Å². The molecule has 0 aliphatic heterocycles. The molecule has 3 nitrogen and oxygen atoms in total. The van der Waals surface area contributed by atoms with E-state index in [2.05, 4.69) is 18.3 Å². The van der Waals surface area contributed by atoms with Crippen LogP contribution in [0.15, 0.2) is 30.4 Å². The van der Waals surface area contributed by atoms with Crippen LogP contribution < -0.4 is 14.8 Å². The van der Waals surface area contributed by atoms with E-state index in [-0.39, 0.29) is 0 Å². The lowest BCUT2D eigenvalue weighted by molar-refractivity contribution is 0.326. The van der Waals surface area contributed by atoms with Crippen molar-refractivity contribution in [2.24, 2.45) is 0 Å². The standard InChI is InChI=1S/C15H23NO2/c1-4-6-10-18-14-8-7-13(11-15(14)17-3)12-16-9-5-2/h4,6-8,11,16H,5,9-10,12H2,1-3H3/b6-4+. The summed E-state index contributed by atoms with van der Waals surface area (Å²) in [6.07, 6.45) is 5.08. The Morgan fingerprint density at radius 1 is 1.28 bits per heavy atom. The second-order valence-electron chi connectivity index (χ2n) is 4.04. The van der Waals surface area contributed by atoms with Crippen molar-refractivity contribution in [1.82, 2.24) is 5.32 Å². The minimum atomic E-state index is 0.570. The molecule has 0 bridgehead atoms. The van der Waals surface area contributed by atoms with Gasteiger partial charge in [0.1, 0.15) is 6.61 Å². The minimum Gasteiger partial charge on any atom is -0.493 e. The number of nitrogens with one attached hydrogen (secondary N) is 1. The van der Waals surface area contributed by atoms with Crippen molar-refractivity contribution < 1.29 is 9.47 Å². The lowest BCUT2D eigenvalue weighted by Gasteiger charge is -2.11. The summed E-state index contributed by atoms with van der Waals surface area (Å²) in [6.45, 7) is 6.59. The maximum Gasteiger partial charge on any atom is 0.161 e. The fourth-order valence-electron chi connectivity index (χ4n) is 1.58. The number of methoxy groups -OCH3 is 1. The molecule has 1 aromatic rings. The zero-order valence-corrected chi connectivity index (χ0v) is 11.5. The van der Waals surface area contributed by atoms with Gasteiger partial charge in [-0.25, -0.2) is 0 Å². The highest BCUT2D eigenvalue weighted by Gasteiger charge is 2.04. The molecule has 0 aliphatic rings. The number of benzene rings is 1. The molecular formula is C15H23NO2. The first-order valence-corrected chi connectivity index (χ1v) is 6.43. The van der Waals surface area contributed by atoms with Crippen LogP contribution in [-0.4, -0.2) is 20.3 Å². The van der Waals surface area contributed by atoms with Crippen LogP contribution in [0.5, 0.6) is 11.5 Å². The Bertz CT molecular complexity index is 375. The largest absolute Gasteiger partial charge is 0.493 e. The van der Waals surface area contributed by atoms with Gasteiger partial charge < -0.3 is 14.8 Å². The van der Waals surface area contributed by atoms with E-state index in [1.54, 1.807) is 7.11 Å². The molecule has 0 spiro atoms. The van der Waals surface area contributed by atoms with Crippen LogP contribution >= 0.6 is 0 Å². The summed E-state index contributed by atoms with van der Waals surface area (Å²) in [4.78, 5) is 0. The predicted molar refractivity (Wildman–Crippen MR) is 75.3 cm³/mol. The second-order valence-corrected chi connectivity index (χ2v) is 4.04. The Kier molecular flexibility index (Phi) is 6.96. The van der Waals surface area contributed by atoms with Crippen molar-refractivity contribution in [3.8, 4) is 11.5 Å². The molecule has 1 aromatic carbocycles. The Balaban J connectivity index is 2.64. The molecule has 0 saturated heterocycles. The van der Waals surface area contributed by atoms with Gasteiger partial charge in [0.25, 0.3) is 0 Å². The van der Waals surface area contributed by atoms with Crippen LogP contribution in [0.2, 0.25) is 0 Å². The van der Waals surface area contributed by atoms with Gasteiger partial charge in [0.15, 0.2) is 11.5 Å². The fourth-order valence-corrected chi connectivity index (χ4v) is 1.58. The number of allylic oxidation sites excluding steroid dienone is 1. The van der Waals surface area contributed by atoms with Crippen LogP contribution in [0.3, 0.4) is 0 Å². The number of ether oxygens (including phenoxy) is 2. The minimum absolute atomic E-state index is 0.570. The molecule has 0 amide bonds. The molecule has 100 valence electrons. The first kappa shape index (κ1) is 14.6. The summed E-state index contributed by atoms with van der Waals surface area (Å²) in [7, 11) is 1.67. The maximum absolute atomic E-state index is 5.62. The Morgan fingerprint density at radius 3 is 2.78 bits per heavy atom. The van der Waals surface area contributed by atoms with Crippen molar-refractivity contribution in [3.63, 3.8) is 0 Å². The number of rotatable bonds is 8. The van der Waals surface area contributed by atoms with E-state index in [1.165, 1.54) is 5.56 Å². The van der Waals surface area contributed by atoms with Crippen LogP contribution in [0, 0.1) is 0 Å². The molecule has 1 rings (SSSR count). The van der Waals surface area contributed by atoms with Crippen molar-refractivity contribution in [3.05, 3.63) is 35.9 Å². The first-order chi connectivity index (χ1) is 8.81. The lowest BCUT2D eigenvalue weighted by Crippen LogP contribution is -2.13. The van der Waals surface area contributed by atoms with E-state index in [0.29, 0.717) is 6.61 Å². The highest BCUT2D eigenvalue weighted by molar-refractivity contribution is 5.43. The van der Waals surface area contributed by atoms with E-state index in [0.717, 1.165) is 31.0 Å². The van der Waals surface area contributed by atoms with E-state index < -0.39 is 0 Å². The molecule has 1 N–H and O–H groups in total. The molecule has 0 saturated carbocycles. The van der Waals surface area contributed by atoms with Crippen molar-refractivity contribution >= 4 is 0 Å². The van der Waals surface area contributed by atoms with Gasteiger partial charge in [-0.2, -0.15) is 0 Å². The topological polar surface area (TPSA) is 30.5 Å². The molecule has 0 radical (unpaired) electrons. The number of hydrogen-bond donors (Lipinski definition) is 1. The lowest BCUT2D eigenvalue weighted by atomic mass is 10.2. The molecule has 0 aromatic heterocycles. The Hall–Kier alpha value is -1.48. The smallest absolute Gasteiger partial charge is 0.161 e. The normalized spacial score (nSPS) is 10.8. The number of hydrogen-bond acceptors (Lipinski definition) is 3. The van der Waals surface area contributed by atoms with Crippen molar-refractivity contribution in [2.75, 3.05) is 20.3 Å². The molecule has 0 heterocycles. The monoisotopic (exact) mass is 249 g/mol. The average molecular weight is 249 g/mol. The van der Waals surface area contributed by atoms with Gasteiger partial charge in [-0.05, 0) is 37.6 Å². The third kappa shape index (κ3) is 4.80. The average Bonchev–Trinajstić information content (AvgIpc) is 2.40. The van der Waals surface area contributed by atoms with Crippen LogP contribution in [0.4, 0.5) is 0 Å². The van der Waals surface area contributed by atoms with Crippen LogP contribution in [0.25, 0.3) is 0 Å². The summed E-state index contributed by atoms with van der Waals surface area (Å²) < 4.78 is 11.0. The molecule has 18 heavy (non-hydrogen) atoms. The summed E-state index contributed by atoms with van der Waals surface area (Å²) in [5, 5.41) is 3.37. The van der Waals surface area contributed by atoms with Gasteiger partial charge in [0.05, 0.1) is 7.11 Å². The predicted octanol–water partition coefficient (Wildman–Crippen LogP) is 3.15. The fraction of sp³-hybridized carbons (Fsp3) is 0.467. The summed E-state index contributed by atoms with van der Waals surface area (Å²) in [6, 6.07) is 6.05.